The molecule has 0 bridgehead atoms. The van der Waals surface area contributed by atoms with E-state index >= 15 is 0 Å². The molecule has 0 unspecified atom stereocenters. The van der Waals surface area contributed by atoms with Gasteiger partial charge in [0.2, 0.25) is 5.91 Å². The molecule has 2 aliphatic rings. The van der Waals surface area contributed by atoms with Crippen LogP contribution in [0.15, 0.2) is 36.7 Å². The average molecular weight is 542 g/mol. The number of nitrogens with zero attached hydrogens (tertiary/aromatic N) is 3. The number of amides is 1. The first-order chi connectivity index (χ1) is 18.5. The van der Waals surface area contributed by atoms with E-state index in [1.165, 1.54) is 12.4 Å². The van der Waals surface area contributed by atoms with Crippen molar-refractivity contribution in [2.75, 3.05) is 32.6 Å². The van der Waals surface area contributed by atoms with E-state index in [1.807, 2.05) is 12.1 Å². The molecule has 1 aliphatic carbocycles. The van der Waals surface area contributed by atoms with Crippen LogP contribution in [0, 0.1) is 11.7 Å². The van der Waals surface area contributed by atoms with Crippen LogP contribution in [0.1, 0.15) is 38.5 Å². The molecule has 202 valence electrons. The molecule has 0 spiro atoms. The smallest absolute Gasteiger partial charge is 0.224 e. The minimum Gasteiger partial charge on any atom is -0.493 e. The number of piperidine rings is 1. The fraction of sp³-hybridized carbons (Fsp3) is 0.464. The van der Waals surface area contributed by atoms with Crippen LogP contribution in [0.3, 0.4) is 0 Å². The summed E-state index contributed by atoms with van der Waals surface area (Å²) in [5, 5.41) is 6.56. The Kier molecular flexibility index (Phi) is 8.14. The van der Waals surface area contributed by atoms with Gasteiger partial charge in [-0.3, -0.25) is 9.69 Å². The molecule has 1 saturated heterocycles. The number of carbonyl (C=O) groups is 1. The molecule has 2 heterocycles. The second kappa shape index (κ2) is 11.7. The van der Waals surface area contributed by atoms with Gasteiger partial charge in [-0.1, -0.05) is 17.7 Å². The van der Waals surface area contributed by atoms with Crippen LogP contribution in [0.25, 0.3) is 10.9 Å². The second-order valence-corrected chi connectivity index (χ2v) is 10.4. The number of ether oxygens (including phenoxy) is 2. The summed E-state index contributed by atoms with van der Waals surface area (Å²) in [4.78, 5) is 23.3. The second-order valence-electron chi connectivity index (χ2n) is 9.97. The molecule has 3 aromatic rings. The monoisotopic (exact) mass is 541 g/mol. The number of anilines is 2. The molecule has 2 N–H and O–H groups in total. The highest BCUT2D eigenvalue weighted by Gasteiger charge is 2.32. The van der Waals surface area contributed by atoms with Gasteiger partial charge in [0.05, 0.1) is 35.4 Å². The fourth-order valence-corrected chi connectivity index (χ4v) is 5.78. The van der Waals surface area contributed by atoms with Gasteiger partial charge in [0.1, 0.15) is 12.1 Å². The number of fused-ring (bicyclic) bond motifs is 1. The van der Waals surface area contributed by atoms with E-state index < -0.39 is 5.82 Å². The van der Waals surface area contributed by atoms with Crippen LogP contribution in [-0.2, 0) is 4.79 Å². The van der Waals surface area contributed by atoms with Crippen LogP contribution >= 0.6 is 11.6 Å². The molecule has 5 rings (SSSR count). The molecule has 8 nitrogen and oxygen atoms in total. The first-order valence-electron chi connectivity index (χ1n) is 13.1. The molecule has 1 aliphatic heterocycles. The van der Waals surface area contributed by atoms with Gasteiger partial charge >= 0.3 is 0 Å². The van der Waals surface area contributed by atoms with Crippen LogP contribution in [-0.4, -0.2) is 60.2 Å². The predicted octanol–water partition coefficient (Wildman–Crippen LogP) is 5.32. The highest BCUT2D eigenvalue weighted by Crippen LogP contribution is 2.38. The fourth-order valence-electron chi connectivity index (χ4n) is 5.61. The van der Waals surface area contributed by atoms with Crippen molar-refractivity contribution >= 4 is 39.9 Å². The van der Waals surface area contributed by atoms with E-state index in [1.54, 1.807) is 26.3 Å². The quantitative estimate of drug-likeness (QED) is 0.418. The summed E-state index contributed by atoms with van der Waals surface area (Å²) >= 11 is 5.95. The molecule has 1 atom stereocenters. The van der Waals surface area contributed by atoms with E-state index in [0.29, 0.717) is 34.3 Å². The predicted molar refractivity (Wildman–Crippen MR) is 146 cm³/mol. The molecule has 2 aromatic carbocycles. The van der Waals surface area contributed by atoms with Gasteiger partial charge in [0.15, 0.2) is 17.3 Å². The van der Waals surface area contributed by atoms with Gasteiger partial charge in [-0.05, 0) is 63.3 Å². The lowest BCUT2D eigenvalue weighted by Gasteiger charge is -2.41. The van der Waals surface area contributed by atoms with Crippen molar-refractivity contribution in [2.45, 2.75) is 50.7 Å². The molecular weight excluding hydrogens is 509 g/mol. The number of carbonyl (C=O) groups excluding carboxylic acids is 1. The molecule has 0 radical (unpaired) electrons. The maximum Gasteiger partial charge on any atom is 0.224 e. The zero-order valence-electron chi connectivity index (χ0n) is 21.7. The number of hydrogen-bond acceptors (Lipinski definition) is 7. The number of hydrogen-bond donors (Lipinski definition) is 2. The lowest BCUT2D eigenvalue weighted by Crippen LogP contribution is -2.48. The minimum absolute atomic E-state index is 0.0309. The van der Waals surface area contributed by atoms with Crippen LogP contribution in [0.5, 0.6) is 11.5 Å². The maximum atomic E-state index is 14.5. The normalized spacial score (nSPS) is 22.2. The Hall–Kier alpha value is -3.17. The average Bonchev–Trinajstić information content (AvgIpc) is 2.95. The summed E-state index contributed by atoms with van der Waals surface area (Å²) in [5.41, 5.74) is 0.874. The van der Waals surface area contributed by atoms with Crippen molar-refractivity contribution in [1.82, 2.24) is 20.2 Å². The Morgan fingerprint density at radius 1 is 1.13 bits per heavy atom. The lowest BCUT2D eigenvalue weighted by molar-refractivity contribution is -0.126. The van der Waals surface area contributed by atoms with Gasteiger partial charge < -0.3 is 20.1 Å². The zero-order valence-corrected chi connectivity index (χ0v) is 22.4. The van der Waals surface area contributed by atoms with E-state index in [9.17, 15) is 9.18 Å². The molecule has 38 heavy (non-hydrogen) atoms. The van der Waals surface area contributed by atoms with Crippen LogP contribution in [0.4, 0.5) is 15.9 Å². The first kappa shape index (κ1) is 26.4. The third-order valence-corrected chi connectivity index (χ3v) is 7.94. The van der Waals surface area contributed by atoms with Crippen molar-refractivity contribution in [3.8, 4) is 11.5 Å². The highest BCUT2D eigenvalue weighted by atomic mass is 35.5. The largest absolute Gasteiger partial charge is 0.493 e. The Morgan fingerprint density at radius 2 is 1.95 bits per heavy atom. The number of halogens is 2. The summed E-state index contributed by atoms with van der Waals surface area (Å²) in [7, 11) is 3.32. The molecule has 1 saturated carbocycles. The number of nitrogens with one attached hydrogen (secondary N) is 2. The summed E-state index contributed by atoms with van der Waals surface area (Å²) < 4.78 is 26.6. The Labute approximate surface area is 226 Å². The van der Waals surface area contributed by atoms with Gasteiger partial charge in [0.25, 0.3) is 0 Å². The molecule has 1 amide bonds. The van der Waals surface area contributed by atoms with Crippen LogP contribution < -0.4 is 20.1 Å². The maximum absolute atomic E-state index is 14.5. The SMILES string of the molecule is CNC(=O)[C@H]1CCCN(C2CCC(Oc3cc4c(Nc5cccc(Cl)c5F)ncnc4cc3OC)CC2)C1. The van der Waals surface area contributed by atoms with E-state index in [-0.39, 0.29) is 28.6 Å². The summed E-state index contributed by atoms with van der Waals surface area (Å²) in [6.07, 6.45) is 7.35. The summed E-state index contributed by atoms with van der Waals surface area (Å²) in [6.45, 7) is 1.88. The number of methoxy groups -OCH3 is 1. The Morgan fingerprint density at radius 3 is 2.71 bits per heavy atom. The van der Waals surface area contributed by atoms with Gasteiger partial charge in [-0.2, -0.15) is 0 Å². The third kappa shape index (κ3) is 5.63. The van der Waals surface area contributed by atoms with Crippen molar-refractivity contribution in [1.29, 1.82) is 0 Å². The third-order valence-electron chi connectivity index (χ3n) is 7.65. The number of aromatic nitrogens is 2. The van der Waals surface area contributed by atoms with Crippen molar-refractivity contribution in [3.05, 3.63) is 47.5 Å². The molecule has 1 aromatic heterocycles. The number of benzene rings is 2. The van der Waals surface area contributed by atoms with E-state index in [4.69, 9.17) is 21.1 Å². The van der Waals surface area contributed by atoms with Crippen molar-refractivity contribution in [3.63, 3.8) is 0 Å². The van der Waals surface area contributed by atoms with Gasteiger partial charge in [-0.15, -0.1) is 0 Å². The van der Waals surface area contributed by atoms with Crippen LogP contribution in [0.2, 0.25) is 5.02 Å². The standard InChI is InChI=1S/C28H33ClFN5O3/c1-31-28(36)17-5-4-12-35(15-17)18-8-10-19(11-9-18)38-25-13-20-23(14-24(25)37-2)32-16-33-27(20)34-22-7-3-6-21(29)26(22)30/h3,6-7,13-14,16-19H,4-5,8-12,15H2,1-2H3,(H,31,36)(H,32,33,34)/t17-,18?,19?/m0/s1. The van der Waals surface area contributed by atoms with Crippen molar-refractivity contribution in [2.24, 2.45) is 5.92 Å². The van der Waals surface area contributed by atoms with Gasteiger partial charge in [0, 0.05) is 31.1 Å². The highest BCUT2D eigenvalue weighted by molar-refractivity contribution is 6.31. The van der Waals surface area contributed by atoms with Crippen molar-refractivity contribution < 1.29 is 18.7 Å². The zero-order chi connectivity index (χ0) is 26.6. The molecule has 2 fully saturated rings. The number of likely N-dealkylation sites (tertiary alicyclic amines) is 1. The Bertz CT molecular complexity index is 1300. The first-order valence-corrected chi connectivity index (χ1v) is 13.5. The minimum atomic E-state index is -0.543. The summed E-state index contributed by atoms with van der Waals surface area (Å²) in [6, 6.07) is 8.91. The molecule has 10 heteroatoms. The van der Waals surface area contributed by atoms with E-state index in [0.717, 1.165) is 51.6 Å². The lowest BCUT2D eigenvalue weighted by atomic mass is 9.88. The topological polar surface area (TPSA) is 88.6 Å². The Balaban J connectivity index is 1.30. The van der Waals surface area contributed by atoms with E-state index in [2.05, 4.69) is 25.5 Å². The van der Waals surface area contributed by atoms with Gasteiger partial charge in [-0.25, -0.2) is 14.4 Å². The summed E-state index contributed by atoms with van der Waals surface area (Å²) in [5.74, 6) is 1.32. The number of rotatable bonds is 7. The molecular formula is C28H33ClFN5O3.